The van der Waals surface area contributed by atoms with Crippen LogP contribution in [0.5, 0.6) is 11.5 Å². The summed E-state index contributed by atoms with van der Waals surface area (Å²) in [7, 11) is 1.65. The summed E-state index contributed by atoms with van der Waals surface area (Å²) in [4.78, 5) is 1.16. The van der Waals surface area contributed by atoms with Gasteiger partial charge in [0.2, 0.25) is 0 Å². The Kier molecular flexibility index (Phi) is 5.46. The van der Waals surface area contributed by atoms with Crippen LogP contribution in [0.1, 0.15) is 17.4 Å². The monoisotopic (exact) mass is 355 g/mol. The van der Waals surface area contributed by atoms with E-state index in [9.17, 15) is 0 Å². The molecule has 0 fully saturated rings. The molecule has 2 N–H and O–H groups in total. The summed E-state index contributed by atoms with van der Waals surface area (Å²) in [5, 5.41) is 2.04. The third-order valence-electron chi connectivity index (χ3n) is 2.78. The van der Waals surface area contributed by atoms with E-state index in [1.165, 1.54) is 0 Å². The number of hydrogen-bond donors (Lipinski definition) is 1. The molecular weight excluding hydrogens is 338 g/mol. The van der Waals surface area contributed by atoms with Gasteiger partial charge in [0.25, 0.3) is 0 Å². The van der Waals surface area contributed by atoms with Gasteiger partial charge in [0.15, 0.2) is 11.5 Å². The van der Waals surface area contributed by atoms with Crippen LogP contribution in [-0.4, -0.2) is 13.2 Å². The first kappa shape index (κ1) is 15.4. The number of thiophene rings is 1. The van der Waals surface area contributed by atoms with Crippen molar-refractivity contribution in [2.75, 3.05) is 7.11 Å². The first-order chi connectivity index (χ1) is 9.58. The van der Waals surface area contributed by atoms with E-state index in [-0.39, 0.29) is 6.04 Å². The van der Waals surface area contributed by atoms with Gasteiger partial charge in [0, 0.05) is 20.8 Å². The Morgan fingerprint density at radius 1 is 1.30 bits per heavy atom. The molecule has 20 heavy (non-hydrogen) atoms. The lowest BCUT2D eigenvalue weighted by atomic mass is 10.1. The lowest BCUT2D eigenvalue weighted by Gasteiger charge is -2.13. The van der Waals surface area contributed by atoms with Crippen molar-refractivity contribution >= 4 is 27.3 Å². The maximum Gasteiger partial charge on any atom is 0.161 e. The molecular formula is C15H18BrNO2S. The van der Waals surface area contributed by atoms with Gasteiger partial charge in [-0.2, -0.15) is 0 Å². The first-order valence-corrected chi connectivity index (χ1v) is 8.04. The SMILES string of the molecule is COc1ccc(CC(C)N)cc1OCc1cc(Br)cs1. The van der Waals surface area contributed by atoms with Crippen LogP contribution in [0.15, 0.2) is 34.1 Å². The van der Waals surface area contributed by atoms with Gasteiger partial charge < -0.3 is 15.2 Å². The fraction of sp³-hybridized carbons (Fsp3) is 0.333. The van der Waals surface area contributed by atoms with Crippen LogP contribution in [0.2, 0.25) is 0 Å². The molecule has 2 aromatic rings. The minimum absolute atomic E-state index is 0.129. The second-order valence-electron chi connectivity index (χ2n) is 4.69. The van der Waals surface area contributed by atoms with Crippen molar-refractivity contribution < 1.29 is 9.47 Å². The van der Waals surface area contributed by atoms with Gasteiger partial charge in [-0.05, 0) is 53.0 Å². The molecule has 1 unspecified atom stereocenters. The Morgan fingerprint density at radius 2 is 2.10 bits per heavy atom. The minimum atomic E-state index is 0.129. The molecule has 0 aliphatic rings. The molecule has 2 rings (SSSR count). The maximum atomic E-state index is 5.87. The fourth-order valence-electron chi connectivity index (χ4n) is 1.91. The normalized spacial score (nSPS) is 12.2. The molecule has 0 spiro atoms. The van der Waals surface area contributed by atoms with Crippen molar-refractivity contribution in [2.24, 2.45) is 5.73 Å². The second-order valence-corrected chi connectivity index (χ2v) is 6.60. The molecule has 1 heterocycles. The summed E-state index contributed by atoms with van der Waals surface area (Å²) in [5.41, 5.74) is 6.99. The van der Waals surface area contributed by atoms with Crippen LogP contribution in [0.3, 0.4) is 0 Å². The summed E-state index contributed by atoms with van der Waals surface area (Å²) in [5.74, 6) is 1.50. The zero-order valence-corrected chi connectivity index (χ0v) is 14.0. The minimum Gasteiger partial charge on any atom is -0.493 e. The lowest BCUT2D eigenvalue weighted by Crippen LogP contribution is -2.17. The van der Waals surface area contributed by atoms with Crippen LogP contribution in [-0.2, 0) is 13.0 Å². The Bertz CT molecular complexity index is 569. The molecule has 0 radical (unpaired) electrons. The molecule has 1 aromatic heterocycles. The number of ether oxygens (including phenoxy) is 2. The van der Waals surface area contributed by atoms with E-state index >= 15 is 0 Å². The van der Waals surface area contributed by atoms with E-state index in [0.29, 0.717) is 6.61 Å². The zero-order chi connectivity index (χ0) is 14.5. The molecule has 0 saturated carbocycles. The predicted molar refractivity (Wildman–Crippen MR) is 86.7 cm³/mol. The molecule has 0 aliphatic heterocycles. The van der Waals surface area contributed by atoms with Gasteiger partial charge in [-0.25, -0.2) is 0 Å². The van der Waals surface area contributed by atoms with Crippen molar-refractivity contribution in [3.05, 3.63) is 44.6 Å². The largest absolute Gasteiger partial charge is 0.493 e. The maximum absolute atomic E-state index is 5.87. The summed E-state index contributed by atoms with van der Waals surface area (Å²) >= 11 is 5.11. The molecule has 5 heteroatoms. The Balaban J connectivity index is 2.11. The number of halogens is 1. The molecule has 0 bridgehead atoms. The van der Waals surface area contributed by atoms with E-state index in [4.69, 9.17) is 15.2 Å². The lowest BCUT2D eigenvalue weighted by molar-refractivity contribution is 0.287. The highest BCUT2D eigenvalue weighted by atomic mass is 79.9. The van der Waals surface area contributed by atoms with E-state index in [1.807, 2.05) is 30.5 Å². The second kappa shape index (κ2) is 7.11. The van der Waals surface area contributed by atoms with Crippen LogP contribution in [0, 0.1) is 0 Å². The Hall–Kier alpha value is -1.04. The topological polar surface area (TPSA) is 44.5 Å². The van der Waals surface area contributed by atoms with Crippen LogP contribution < -0.4 is 15.2 Å². The van der Waals surface area contributed by atoms with Crippen LogP contribution in [0.25, 0.3) is 0 Å². The predicted octanol–water partition coefficient (Wildman–Crippen LogP) is 3.99. The van der Waals surface area contributed by atoms with Gasteiger partial charge >= 0.3 is 0 Å². The average Bonchev–Trinajstić information content (AvgIpc) is 2.82. The van der Waals surface area contributed by atoms with Gasteiger partial charge in [-0.1, -0.05) is 6.07 Å². The standard InChI is InChI=1S/C15H18BrNO2S/c1-10(17)5-11-3-4-14(18-2)15(6-11)19-8-13-7-12(16)9-20-13/h3-4,6-7,9-10H,5,8,17H2,1-2H3. The smallest absolute Gasteiger partial charge is 0.161 e. The van der Waals surface area contributed by atoms with E-state index < -0.39 is 0 Å². The number of rotatable bonds is 6. The molecule has 1 atom stereocenters. The highest BCUT2D eigenvalue weighted by molar-refractivity contribution is 9.10. The molecule has 0 aliphatic carbocycles. The van der Waals surface area contributed by atoms with Gasteiger partial charge in [-0.3, -0.25) is 0 Å². The fourth-order valence-corrected chi connectivity index (χ4v) is 3.27. The quantitative estimate of drug-likeness (QED) is 0.851. The van der Waals surface area contributed by atoms with E-state index in [0.717, 1.165) is 32.8 Å². The van der Waals surface area contributed by atoms with Crippen molar-refractivity contribution in [3.8, 4) is 11.5 Å². The third-order valence-corrected chi connectivity index (χ3v) is 4.45. The summed E-state index contributed by atoms with van der Waals surface area (Å²) in [6.45, 7) is 2.53. The number of benzene rings is 1. The van der Waals surface area contributed by atoms with Crippen molar-refractivity contribution in [3.63, 3.8) is 0 Å². The Morgan fingerprint density at radius 3 is 2.70 bits per heavy atom. The molecule has 0 saturated heterocycles. The van der Waals surface area contributed by atoms with E-state index in [1.54, 1.807) is 18.4 Å². The highest BCUT2D eigenvalue weighted by Crippen LogP contribution is 2.30. The summed E-state index contributed by atoms with van der Waals surface area (Å²) in [6.07, 6.45) is 0.824. The van der Waals surface area contributed by atoms with E-state index in [2.05, 4.69) is 22.0 Å². The number of methoxy groups -OCH3 is 1. The van der Waals surface area contributed by atoms with Gasteiger partial charge in [-0.15, -0.1) is 11.3 Å². The molecule has 1 aromatic carbocycles. The highest BCUT2D eigenvalue weighted by Gasteiger charge is 2.08. The van der Waals surface area contributed by atoms with Crippen LogP contribution >= 0.6 is 27.3 Å². The number of nitrogens with two attached hydrogens (primary N) is 1. The van der Waals surface area contributed by atoms with Crippen molar-refractivity contribution in [1.82, 2.24) is 0 Å². The van der Waals surface area contributed by atoms with Crippen molar-refractivity contribution in [2.45, 2.75) is 26.0 Å². The third kappa shape index (κ3) is 4.23. The van der Waals surface area contributed by atoms with Gasteiger partial charge in [0.1, 0.15) is 6.61 Å². The number of hydrogen-bond acceptors (Lipinski definition) is 4. The van der Waals surface area contributed by atoms with Crippen molar-refractivity contribution in [1.29, 1.82) is 0 Å². The average molecular weight is 356 g/mol. The Labute approximate surface area is 131 Å². The summed E-state index contributed by atoms with van der Waals surface area (Å²) in [6, 6.07) is 8.15. The summed E-state index contributed by atoms with van der Waals surface area (Å²) < 4.78 is 12.3. The molecule has 108 valence electrons. The van der Waals surface area contributed by atoms with Crippen LogP contribution in [0.4, 0.5) is 0 Å². The molecule has 3 nitrogen and oxygen atoms in total. The zero-order valence-electron chi connectivity index (χ0n) is 11.6. The first-order valence-electron chi connectivity index (χ1n) is 6.36. The van der Waals surface area contributed by atoms with Gasteiger partial charge in [0.05, 0.1) is 7.11 Å². The molecule has 0 amide bonds.